The number of nitrogens with two attached hydrogens (primary N) is 1. The van der Waals surface area contributed by atoms with Gasteiger partial charge in [0, 0.05) is 23.3 Å². The van der Waals surface area contributed by atoms with Gasteiger partial charge in [0.2, 0.25) is 0 Å². The highest BCUT2D eigenvalue weighted by molar-refractivity contribution is 5.45. The molecule has 0 saturated carbocycles. The van der Waals surface area contributed by atoms with Crippen molar-refractivity contribution in [3.05, 3.63) is 42.5 Å². The molecule has 0 atom stereocenters. The lowest BCUT2D eigenvalue weighted by Crippen LogP contribution is -2.02. The summed E-state index contributed by atoms with van der Waals surface area (Å²) in [6.07, 6.45) is 4.81. The van der Waals surface area contributed by atoms with Gasteiger partial charge in [-0.1, -0.05) is 13.8 Å². The van der Waals surface area contributed by atoms with E-state index in [2.05, 4.69) is 23.4 Å². The summed E-state index contributed by atoms with van der Waals surface area (Å²) < 4.78 is 2.11. The van der Waals surface area contributed by atoms with E-state index in [-0.39, 0.29) is 0 Å². The van der Waals surface area contributed by atoms with Crippen LogP contribution >= 0.6 is 0 Å². The van der Waals surface area contributed by atoms with Crippen LogP contribution in [0, 0.1) is 5.92 Å². The first-order valence-electron chi connectivity index (χ1n) is 5.54. The predicted octanol–water partition coefficient (Wildman–Crippen LogP) is 2.65. The van der Waals surface area contributed by atoms with Crippen molar-refractivity contribution in [2.24, 2.45) is 5.92 Å². The Bertz CT molecular complexity index is 454. The molecular formula is C13H17N3. The van der Waals surface area contributed by atoms with Crippen molar-refractivity contribution in [1.82, 2.24) is 9.55 Å². The second-order valence-electron chi connectivity index (χ2n) is 4.44. The van der Waals surface area contributed by atoms with Crippen LogP contribution in [-0.4, -0.2) is 9.55 Å². The summed E-state index contributed by atoms with van der Waals surface area (Å²) in [6.45, 7) is 4.42. The Kier molecular flexibility index (Phi) is 2.95. The van der Waals surface area contributed by atoms with Gasteiger partial charge in [-0.15, -0.1) is 0 Å². The van der Waals surface area contributed by atoms with Crippen LogP contribution in [0.25, 0.3) is 5.69 Å². The van der Waals surface area contributed by atoms with Gasteiger partial charge in [-0.25, -0.2) is 4.98 Å². The first-order valence-corrected chi connectivity index (χ1v) is 5.54. The number of imidazole rings is 1. The largest absolute Gasteiger partial charge is 0.399 e. The summed E-state index contributed by atoms with van der Waals surface area (Å²) in [6, 6.07) is 7.85. The molecule has 3 nitrogen and oxygen atoms in total. The number of hydrogen-bond acceptors (Lipinski definition) is 2. The fourth-order valence-electron chi connectivity index (χ4n) is 1.76. The van der Waals surface area contributed by atoms with E-state index in [0.717, 1.165) is 17.8 Å². The average molecular weight is 215 g/mol. The maximum atomic E-state index is 5.67. The number of anilines is 1. The standard InChI is InChI=1S/C13H17N3/c1-10(2)7-13-8-15-9-16(13)12-5-3-11(14)4-6-12/h3-6,8-10H,7,14H2,1-2H3. The fourth-order valence-corrected chi connectivity index (χ4v) is 1.76. The maximum absolute atomic E-state index is 5.67. The van der Waals surface area contributed by atoms with Crippen molar-refractivity contribution in [2.45, 2.75) is 20.3 Å². The van der Waals surface area contributed by atoms with Crippen molar-refractivity contribution in [3.63, 3.8) is 0 Å². The number of rotatable bonds is 3. The number of aromatic nitrogens is 2. The van der Waals surface area contributed by atoms with Gasteiger partial charge >= 0.3 is 0 Å². The smallest absolute Gasteiger partial charge is 0.0994 e. The van der Waals surface area contributed by atoms with Crippen LogP contribution in [0.4, 0.5) is 5.69 Å². The van der Waals surface area contributed by atoms with E-state index in [1.54, 1.807) is 0 Å². The third-order valence-corrected chi connectivity index (χ3v) is 2.50. The summed E-state index contributed by atoms with van der Waals surface area (Å²) in [4.78, 5) is 4.21. The molecule has 16 heavy (non-hydrogen) atoms. The van der Waals surface area contributed by atoms with E-state index in [4.69, 9.17) is 5.73 Å². The number of nitrogen functional groups attached to an aromatic ring is 1. The summed E-state index contributed by atoms with van der Waals surface area (Å²) in [5.41, 5.74) is 8.81. The van der Waals surface area contributed by atoms with Gasteiger partial charge in [-0.3, -0.25) is 0 Å². The third-order valence-electron chi connectivity index (χ3n) is 2.50. The van der Waals surface area contributed by atoms with Crippen LogP contribution < -0.4 is 5.73 Å². The zero-order chi connectivity index (χ0) is 11.5. The van der Waals surface area contributed by atoms with Crippen LogP contribution in [-0.2, 0) is 6.42 Å². The van der Waals surface area contributed by atoms with Crippen molar-refractivity contribution in [3.8, 4) is 5.69 Å². The topological polar surface area (TPSA) is 43.8 Å². The lowest BCUT2D eigenvalue weighted by Gasteiger charge is -2.10. The molecule has 0 bridgehead atoms. The first-order chi connectivity index (χ1) is 7.66. The van der Waals surface area contributed by atoms with Gasteiger partial charge in [0.1, 0.15) is 0 Å². The molecule has 0 radical (unpaired) electrons. The Hall–Kier alpha value is -1.77. The highest BCUT2D eigenvalue weighted by Crippen LogP contribution is 2.15. The van der Waals surface area contributed by atoms with Crippen molar-refractivity contribution in [1.29, 1.82) is 0 Å². The van der Waals surface area contributed by atoms with E-state index in [1.807, 2.05) is 36.8 Å². The van der Waals surface area contributed by atoms with E-state index in [1.165, 1.54) is 5.69 Å². The van der Waals surface area contributed by atoms with Crippen LogP contribution in [0.15, 0.2) is 36.8 Å². The van der Waals surface area contributed by atoms with Crippen LogP contribution in [0.2, 0.25) is 0 Å². The van der Waals surface area contributed by atoms with Crippen molar-refractivity contribution >= 4 is 5.69 Å². The minimum atomic E-state index is 0.629. The van der Waals surface area contributed by atoms with Crippen LogP contribution in [0.5, 0.6) is 0 Å². The van der Waals surface area contributed by atoms with Crippen LogP contribution in [0.1, 0.15) is 19.5 Å². The molecule has 84 valence electrons. The molecule has 0 aliphatic carbocycles. The molecule has 2 aromatic rings. The minimum Gasteiger partial charge on any atom is -0.399 e. The SMILES string of the molecule is CC(C)Cc1cncn1-c1ccc(N)cc1. The summed E-state index contributed by atoms with van der Waals surface area (Å²) in [7, 11) is 0. The molecule has 1 aromatic carbocycles. The molecule has 2 N–H and O–H groups in total. The molecule has 1 heterocycles. The van der Waals surface area contributed by atoms with Gasteiger partial charge < -0.3 is 10.3 Å². The molecule has 0 aliphatic heterocycles. The van der Waals surface area contributed by atoms with Gasteiger partial charge in [0.25, 0.3) is 0 Å². The Balaban J connectivity index is 2.33. The molecule has 3 heteroatoms. The minimum absolute atomic E-state index is 0.629. The van der Waals surface area contributed by atoms with Gasteiger partial charge in [-0.2, -0.15) is 0 Å². The van der Waals surface area contributed by atoms with Crippen LogP contribution in [0.3, 0.4) is 0 Å². The Labute approximate surface area is 95.9 Å². The molecule has 1 aromatic heterocycles. The third kappa shape index (κ3) is 2.24. The van der Waals surface area contributed by atoms with E-state index in [9.17, 15) is 0 Å². The van der Waals surface area contributed by atoms with Gasteiger partial charge in [-0.05, 0) is 36.6 Å². The zero-order valence-corrected chi connectivity index (χ0v) is 9.72. The highest BCUT2D eigenvalue weighted by Gasteiger charge is 2.05. The summed E-state index contributed by atoms with van der Waals surface area (Å²) in [5.74, 6) is 0.629. The number of hydrogen-bond donors (Lipinski definition) is 1. The second-order valence-corrected chi connectivity index (χ2v) is 4.44. The quantitative estimate of drug-likeness (QED) is 0.800. The Morgan fingerprint density at radius 1 is 1.25 bits per heavy atom. The molecule has 0 unspecified atom stereocenters. The lowest BCUT2D eigenvalue weighted by molar-refractivity contribution is 0.627. The Morgan fingerprint density at radius 3 is 2.56 bits per heavy atom. The molecule has 0 spiro atoms. The second kappa shape index (κ2) is 4.39. The molecule has 2 rings (SSSR count). The van der Waals surface area contributed by atoms with Gasteiger partial charge in [0.15, 0.2) is 0 Å². The molecule has 0 amide bonds. The van der Waals surface area contributed by atoms with Crippen molar-refractivity contribution in [2.75, 3.05) is 5.73 Å². The highest BCUT2D eigenvalue weighted by atomic mass is 15.0. The molecule has 0 fully saturated rings. The molecule has 0 saturated heterocycles. The van der Waals surface area contributed by atoms with Gasteiger partial charge in [0.05, 0.1) is 6.33 Å². The molecular weight excluding hydrogens is 198 g/mol. The Morgan fingerprint density at radius 2 is 1.94 bits per heavy atom. The zero-order valence-electron chi connectivity index (χ0n) is 9.72. The summed E-state index contributed by atoms with van der Waals surface area (Å²) in [5, 5.41) is 0. The first kappa shape index (κ1) is 10.7. The van der Waals surface area contributed by atoms with Crippen molar-refractivity contribution < 1.29 is 0 Å². The fraction of sp³-hybridized carbons (Fsp3) is 0.308. The number of benzene rings is 1. The van der Waals surface area contributed by atoms with E-state index < -0.39 is 0 Å². The van der Waals surface area contributed by atoms with E-state index in [0.29, 0.717) is 5.92 Å². The summed E-state index contributed by atoms with van der Waals surface area (Å²) >= 11 is 0. The maximum Gasteiger partial charge on any atom is 0.0994 e. The van der Waals surface area contributed by atoms with E-state index >= 15 is 0 Å². The normalized spacial score (nSPS) is 10.9. The number of nitrogens with zero attached hydrogens (tertiary/aromatic N) is 2. The lowest BCUT2D eigenvalue weighted by atomic mass is 10.1. The monoisotopic (exact) mass is 215 g/mol. The molecule has 0 aliphatic rings. The predicted molar refractivity (Wildman–Crippen MR) is 66.5 cm³/mol. The average Bonchev–Trinajstić information content (AvgIpc) is 2.66.